The zero-order chi connectivity index (χ0) is 18.8. The van der Waals surface area contributed by atoms with Crippen molar-refractivity contribution >= 4 is 27.2 Å². The minimum Gasteiger partial charge on any atom is -0.372 e. The van der Waals surface area contributed by atoms with E-state index in [1.165, 1.54) is 6.26 Å². The molecule has 0 saturated heterocycles. The molecule has 0 spiro atoms. The van der Waals surface area contributed by atoms with Gasteiger partial charge in [0.1, 0.15) is 0 Å². The predicted molar refractivity (Wildman–Crippen MR) is 96.8 cm³/mol. The first-order valence-electron chi connectivity index (χ1n) is 7.44. The molecule has 0 radical (unpaired) electrons. The third-order valence-electron chi connectivity index (χ3n) is 3.82. The highest BCUT2D eigenvalue weighted by molar-refractivity contribution is 7.90. The highest BCUT2D eigenvalue weighted by Crippen LogP contribution is 2.31. The molecule has 25 heavy (non-hydrogen) atoms. The average molecular weight is 360 g/mol. The first-order chi connectivity index (χ1) is 11.7. The maximum atomic E-state index is 11.7. The van der Waals surface area contributed by atoms with Crippen LogP contribution >= 0.6 is 0 Å². The number of pyridine rings is 1. The molecule has 1 aromatic carbocycles. The van der Waals surface area contributed by atoms with E-state index in [0.717, 1.165) is 33.3 Å². The van der Waals surface area contributed by atoms with Crippen LogP contribution in [0.1, 0.15) is 11.3 Å². The van der Waals surface area contributed by atoms with E-state index in [9.17, 15) is 8.42 Å². The number of sulfone groups is 1. The van der Waals surface area contributed by atoms with E-state index in [1.54, 1.807) is 23.1 Å². The van der Waals surface area contributed by atoms with Crippen LogP contribution in [0.5, 0.6) is 0 Å². The van der Waals surface area contributed by atoms with Gasteiger partial charge in [-0.15, -0.1) is 0 Å². The average Bonchev–Trinajstić information content (AvgIpc) is 2.82. The van der Waals surface area contributed by atoms with Crippen LogP contribution in [0.25, 0.3) is 22.0 Å². The van der Waals surface area contributed by atoms with Gasteiger partial charge in [-0.25, -0.2) is 8.42 Å². The van der Waals surface area contributed by atoms with Crippen molar-refractivity contribution in [1.82, 2.24) is 14.8 Å². The van der Waals surface area contributed by atoms with Gasteiger partial charge in [-0.05, 0) is 31.0 Å². The number of rotatable bonds is 2. The molecule has 2 N–H and O–H groups in total. The number of carbonyl (C=O) groups excluding carboxylic acids is 1. The summed E-state index contributed by atoms with van der Waals surface area (Å²) in [5, 5.41) is 5.48. The van der Waals surface area contributed by atoms with Crippen molar-refractivity contribution in [2.24, 2.45) is 12.8 Å². The Hall–Kier alpha value is -2.74. The first-order valence-corrected chi connectivity index (χ1v) is 9.33. The number of nitrogens with two attached hydrogens (primary N) is 1. The van der Waals surface area contributed by atoms with Crippen LogP contribution in [-0.2, 0) is 21.7 Å². The fourth-order valence-electron chi connectivity index (χ4n) is 2.86. The van der Waals surface area contributed by atoms with E-state index in [1.807, 2.05) is 33.0 Å². The zero-order valence-electron chi connectivity index (χ0n) is 14.5. The van der Waals surface area contributed by atoms with Gasteiger partial charge < -0.3 is 5.73 Å². The summed E-state index contributed by atoms with van der Waals surface area (Å²) in [7, 11) is -1.32. The number of nitrogens with zero attached hydrogens (tertiary/aromatic N) is 3. The van der Waals surface area contributed by atoms with Crippen LogP contribution in [0.3, 0.4) is 0 Å². The number of aryl methyl sites for hydroxylation is 3. The molecule has 0 bridgehead atoms. The highest BCUT2D eigenvalue weighted by Gasteiger charge is 2.15. The lowest BCUT2D eigenvalue weighted by Gasteiger charge is -2.08. The summed E-state index contributed by atoms with van der Waals surface area (Å²) in [5.74, 6) is 0. The maximum Gasteiger partial charge on any atom is 0.204 e. The topological polar surface area (TPSA) is 108 Å². The quantitative estimate of drug-likeness (QED) is 0.701. The fourth-order valence-corrected chi connectivity index (χ4v) is 3.81. The Morgan fingerprint density at radius 2 is 1.84 bits per heavy atom. The molecule has 2 aromatic heterocycles. The van der Waals surface area contributed by atoms with Gasteiger partial charge in [0.15, 0.2) is 9.84 Å². The molecule has 0 aliphatic carbocycles. The largest absolute Gasteiger partial charge is 0.372 e. The monoisotopic (exact) mass is 360 g/mol. The third kappa shape index (κ3) is 3.69. The lowest BCUT2D eigenvalue weighted by molar-refractivity contribution is -0.106. The van der Waals surface area contributed by atoms with Gasteiger partial charge in [-0.1, -0.05) is 12.1 Å². The second-order valence-corrected chi connectivity index (χ2v) is 7.66. The number of hydrogen-bond acceptors (Lipinski definition) is 5. The Morgan fingerprint density at radius 3 is 2.40 bits per heavy atom. The van der Waals surface area contributed by atoms with Crippen molar-refractivity contribution in [3.63, 3.8) is 0 Å². The van der Waals surface area contributed by atoms with Crippen molar-refractivity contribution in [1.29, 1.82) is 0 Å². The summed E-state index contributed by atoms with van der Waals surface area (Å²) >= 11 is 0. The standard InChI is InChI=1S/C16H17N3O2S.CH3NO/c1-10-7-12(5-6-15(10)22(4,20)21)13-8-17-9-14-16(13)11(2)18-19(14)3;2-1-3/h5-9H,1-4H3;1H,(H2,2,3). The first kappa shape index (κ1) is 18.6. The van der Waals surface area contributed by atoms with Crippen LogP contribution in [-0.4, -0.2) is 35.8 Å². The Bertz CT molecular complexity index is 1040. The Balaban J connectivity index is 0.000000701. The maximum absolute atomic E-state index is 11.7. The molecule has 1 amide bonds. The molecule has 0 unspecified atom stereocenters. The van der Waals surface area contributed by atoms with Crippen LogP contribution in [0.15, 0.2) is 35.5 Å². The molecule has 3 aromatic rings. The van der Waals surface area contributed by atoms with E-state index < -0.39 is 9.84 Å². The van der Waals surface area contributed by atoms with E-state index in [4.69, 9.17) is 4.79 Å². The van der Waals surface area contributed by atoms with Gasteiger partial charge in [-0.2, -0.15) is 5.10 Å². The Labute approximate surface area is 146 Å². The number of carbonyl (C=O) groups is 1. The van der Waals surface area contributed by atoms with Crippen molar-refractivity contribution < 1.29 is 13.2 Å². The van der Waals surface area contributed by atoms with Crippen LogP contribution in [0.2, 0.25) is 0 Å². The summed E-state index contributed by atoms with van der Waals surface area (Å²) in [6.45, 7) is 3.77. The number of benzene rings is 1. The van der Waals surface area contributed by atoms with Crippen LogP contribution in [0, 0.1) is 13.8 Å². The van der Waals surface area contributed by atoms with Crippen LogP contribution < -0.4 is 5.73 Å². The van der Waals surface area contributed by atoms with Crippen LogP contribution in [0.4, 0.5) is 0 Å². The Morgan fingerprint density at radius 1 is 1.20 bits per heavy atom. The third-order valence-corrected chi connectivity index (χ3v) is 5.08. The molecule has 7 nitrogen and oxygen atoms in total. The highest BCUT2D eigenvalue weighted by atomic mass is 32.2. The number of fused-ring (bicyclic) bond motifs is 1. The summed E-state index contributed by atoms with van der Waals surface area (Å²) in [6, 6.07) is 5.37. The lowest BCUT2D eigenvalue weighted by atomic mass is 10.0. The summed E-state index contributed by atoms with van der Waals surface area (Å²) in [4.78, 5) is 13.2. The SMILES string of the molecule is Cc1cc(-c2cncc3c2c(C)nn3C)ccc1S(C)(=O)=O.NC=O. The number of amides is 1. The zero-order valence-corrected chi connectivity index (χ0v) is 15.3. The smallest absolute Gasteiger partial charge is 0.204 e. The molecule has 132 valence electrons. The minimum atomic E-state index is -3.21. The van der Waals surface area contributed by atoms with E-state index in [0.29, 0.717) is 4.90 Å². The second-order valence-electron chi connectivity index (χ2n) is 5.68. The molecule has 3 rings (SSSR count). The molecule has 0 fully saturated rings. The molecule has 0 saturated carbocycles. The van der Waals surface area contributed by atoms with Gasteiger partial charge in [0.25, 0.3) is 0 Å². The number of aromatic nitrogens is 3. The molecule has 8 heteroatoms. The second kappa shape index (κ2) is 7.02. The number of primary amides is 1. The molecule has 0 aliphatic rings. The summed E-state index contributed by atoms with van der Waals surface area (Å²) < 4.78 is 25.3. The normalized spacial score (nSPS) is 11.0. The molecular weight excluding hydrogens is 340 g/mol. The lowest BCUT2D eigenvalue weighted by Crippen LogP contribution is -2.00. The van der Waals surface area contributed by atoms with Crippen molar-refractivity contribution in [3.05, 3.63) is 41.9 Å². The summed E-state index contributed by atoms with van der Waals surface area (Å²) in [5.41, 5.74) is 8.70. The van der Waals surface area contributed by atoms with Crippen molar-refractivity contribution in [3.8, 4) is 11.1 Å². The van der Waals surface area contributed by atoms with Gasteiger partial charge in [-0.3, -0.25) is 14.5 Å². The predicted octanol–water partition coefficient (Wildman–Crippen LogP) is 1.76. The fraction of sp³-hybridized carbons (Fsp3) is 0.235. The van der Waals surface area contributed by atoms with E-state index in [2.05, 4.69) is 15.8 Å². The minimum absolute atomic E-state index is 0.250. The van der Waals surface area contributed by atoms with Gasteiger partial charge in [0.05, 0.1) is 22.3 Å². The van der Waals surface area contributed by atoms with E-state index >= 15 is 0 Å². The van der Waals surface area contributed by atoms with Crippen molar-refractivity contribution in [2.45, 2.75) is 18.7 Å². The molecule has 0 atom stereocenters. The van der Waals surface area contributed by atoms with Gasteiger partial charge in [0, 0.05) is 30.4 Å². The number of hydrogen-bond donors (Lipinski definition) is 1. The molecular formula is C17H20N4O3S. The molecule has 0 aliphatic heterocycles. The summed E-state index contributed by atoms with van der Waals surface area (Å²) in [6.07, 6.45) is 5.06. The van der Waals surface area contributed by atoms with Gasteiger partial charge in [0.2, 0.25) is 6.41 Å². The van der Waals surface area contributed by atoms with Gasteiger partial charge >= 0.3 is 0 Å². The van der Waals surface area contributed by atoms with Crippen molar-refractivity contribution in [2.75, 3.05) is 6.26 Å². The molecule has 2 heterocycles. The van der Waals surface area contributed by atoms with E-state index in [-0.39, 0.29) is 6.41 Å². The Kier molecular flexibility index (Phi) is 5.22.